The number of nitrogens with zero attached hydrogens (tertiary/aromatic N) is 1. The van der Waals surface area contributed by atoms with E-state index < -0.39 is 17.6 Å². The number of fused-ring (bicyclic) bond motifs is 1. The smallest absolute Gasteiger partial charge is 0.341 e. The monoisotopic (exact) mass is 484 g/mol. The van der Waals surface area contributed by atoms with E-state index in [0.717, 1.165) is 23.3 Å². The van der Waals surface area contributed by atoms with Crippen molar-refractivity contribution in [3.8, 4) is 11.5 Å². The van der Waals surface area contributed by atoms with Gasteiger partial charge < -0.3 is 19.9 Å². The van der Waals surface area contributed by atoms with Gasteiger partial charge in [-0.15, -0.1) is 11.3 Å². The molecule has 34 heavy (non-hydrogen) atoms. The van der Waals surface area contributed by atoms with Crippen LogP contribution in [0.4, 0.5) is 14.6 Å². The first-order valence-electron chi connectivity index (χ1n) is 10.5. The average Bonchev–Trinajstić information content (AvgIpc) is 3.23. The number of pyridine rings is 1. The lowest BCUT2D eigenvalue weighted by Crippen LogP contribution is -2.06. The van der Waals surface area contributed by atoms with Crippen LogP contribution >= 0.6 is 11.3 Å². The van der Waals surface area contributed by atoms with Crippen LogP contribution in [0.15, 0.2) is 48.0 Å². The number of aromatic nitrogens is 1. The fourth-order valence-corrected chi connectivity index (χ4v) is 4.49. The van der Waals surface area contributed by atoms with Gasteiger partial charge in [-0.2, -0.15) is 0 Å². The number of nitrogen functional groups attached to an aromatic ring is 1. The number of ether oxygens (including phenoxy) is 3. The lowest BCUT2D eigenvalue weighted by Gasteiger charge is -2.12. The second-order valence-corrected chi connectivity index (χ2v) is 8.43. The second kappa shape index (κ2) is 10.0. The molecule has 0 aliphatic rings. The van der Waals surface area contributed by atoms with E-state index in [2.05, 4.69) is 4.98 Å². The van der Waals surface area contributed by atoms with E-state index in [4.69, 9.17) is 19.9 Å². The molecule has 4 aromatic rings. The highest BCUT2D eigenvalue weighted by atomic mass is 32.1. The van der Waals surface area contributed by atoms with Crippen LogP contribution in [-0.4, -0.2) is 17.6 Å². The van der Waals surface area contributed by atoms with Crippen LogP contribution in [-0.2, 0) is 18.0 Å². The first kappa shape index (κ1) is 23.4. The van der Waals surface area contributed by atoms with E-state index in [1.807, 2.05) is 24.4 Å². The summed E-state index contributed by atoms with van der Waals surface area (Å²) in [6.45, 7) is 4.17. The predicted octanol–water partition coefficient (Wildman–Crippen LogP) is 5.80. The van der Waals surface area contributed by atoms with Crippen LogP contribution in [0.25, 0.3) is 10.1 Å². The van der Waals surface area contributed by atoms with Gasteiger partial charge >= 0.3 is 5.97 Å². The van der Waals surface area contributed by atoms with Crippen molar-refractivity contribution in [2.24, 2.45) is 0 Å². The molecule has 6 nitrogen and oxygen atoms in total. The Hall–Kier alpha value is -3.72. The number of carbonyl (C=O) groups excluding carboxylic acids is 1. The van der Waals surface area contributed by atoms with Crippen LogP contribution in [0.2, 0.25) is 0 Å². The Morgan fingerprint density at radius 2 is 1.79 bits per heavy atom. The van der Waals surface area contributed by atoms with E-state index in [1.54, 1.807) is 13.0 Å². The highest BCUT2D eigenvalue weighted by molar-refractivity contribution is 7.17. The summed E-state index contributed by atoms with van der Waals surface area (Å²) in [5, 5.41) is 2.54. The van der Waals surface area contributed by atoms with Crippen LogP contribution in [0.1, 0.15) is 34.0 Å². The van der Waals surface area contributed by atoms with Gasteiger partial charge in [0.05, 0.1) is 16.9 Å². The third kappa shape index (κ3) is 5.09. The van der Waals surface area contributed by atoms with Crippen molar-refractivity contribution in [1.29, 1.82) is 0 Å². The molecule has 0 fully saturated rings. The molecule has 2 N–H and O–H groups in total. The maximum Gasteiger partial charge on any atom is 0.341 e. The molecule has 2 heterocycles. The summed E-state index contributed by atoms with van der Waals surface area (Å²) in [4.78, 5) is 16.4. The third-order valence-corrected chi connectivity index (χ3v) is 6.07. The van der Waals surface area contributed by atoms with Gasteiger partial charge in [-0.1, -0.05) is 6.07 Å². The molecule has 0 unspecified atom stereocenters. The molecule has 0 amide bonds. The second-order valence-electron chi connectivity index (χ2n) is 7.55. The van der Waals surface area contributed by atoms with Crippen molar-refractivity contribution in [1.82, 2.24) is 4.98 Å². The lowest BCUT2D eigenvalue weighted by molar-refractivity contribution is 0.0528. The van der Waals surface area contributed by atoms with Crippen LogP contribution in [0.3, 0.4) is 0 Å². The zero-order chi connectivity index (χ0) is 24.2. The molecular formula is C25H22F2N2O4S. The molecule has 0 saturated heterocycles. The number of rotatable bonds is 8. The van der Waals surface area contributed by atoms with Crippen molar-refractivity contribution in [3.63, 3.8) is 0 Å². The number of thiophene rings is 1. The quantitative estimate of drug-likeness (QED) is 0.318. The van der Waals surface area contributed by atoms with E-state index in [-0.39, 0.29) is 19.8 Å². The number of hydrogen-bond acceptors (Lipinski definition) is 7. The Morgan fingerprint density at radius 1 is 1.06 bits per heavy atom. The van der Waals surface area contributed by atoms with Crippen LogP contribution in [0.5, 0.6) is 11.5 Å². The number of benzene rings is 2. The zero-order valence-electron chi connectivity index (χ0n) is 18.6. The zero-order valence-corrected chi connectivity index (χ0v) is 19.4. The first-order chi connectivity index (χ1) is 16.4. The standard InChI is InChI=1S/C25H22F2N2O4S/c1-3-31-25(30)19-10-29-24(28)22-16(13-34-23(19)22)12-33-18-7-14(2)6-17(9-18)32-11-15-4-5-20(26)21(27)8-15/h4-10,13H,3,11-12H2,1-2H3,(H2,28,29). The Morgan fingerprint density at radius 3 is 2.50 bits per heavy atom. The van der Waals surface area contributed by atoms with Crippen molar-refractivity contribution in [2.45, 2.75) is 27.1 Å². The maximum atomic E-state index is 13.4. The molecule has 0 aliphatic heterocycles. The SMILES string of the molecule is CCOC(=O)c1cnc(N)c2c(COc3cc(C)cc(OCc4ccc(F)c(F)c4)c3)csc12. The molecule has 176 valence electrons. The molecular weight excluding hydrogens is 462 g/mol. The maximum absolute atomic E-state index is 13.4. The number of hydrogen-bond donors (Lipinski definition) is 1. The highest BCUT2D eigenvalue weighted by Crippen LogP contribution is 2.34. The van der Waals surface area contributed by atoms with Gasteiger partial charge in [-0.3, -0.25) is 0 Å². The minimum atomic E-state index is -0.919. The number of esters is 1. The van der Waals surface area contributed by atoms with Crippen molar-refractivity contribution >= 4 is 33.2 Å². The van der Waals surface area contributed by atoms with Crippen molar-refractivity contribution in [2.75, 3.05) is 12.3 Å². The van der Waals surface area contributed by atoms with Gasteiger partial charge in [-0.05, 0) is 54.6 Å². The number of halogens is 2. The topological polar surface area (TPSA) is 83.7 Å². The average molecular weight is 485 g/mol. The molecule has 0 saturated carbocycles. The van der Waals surface area contributed by atoms with E-state index in [9.17, 15) is 13.6 Å². The van der Waals surface area contributed by atoms with Crippen LogP contribution < -0.4 is 15.2 Å². The molecule has 0 aliphatic carbocycles. The summed E-state index contributed by atoms with van der Waals surface area (Å²) in [5.41, 5.74) is 8.66. The Bertz CT molecular complexity index is 1360. The van der Waals surface area contributed by atoms with Gasteiger partial charge in [0.1, 0.15) is 30.5 Å². The molecule has 2 aromatic carbocycles. The number of anilines is 1. The van der Waals surface area contributed by atoms with Gasteiger partial charge in [0.25, 0.3) is 0 Å². The molecule has 0 spiro atoms. The largest absolute Gasteiger partial charge is 0.489 e. The van der Waals surface area contributed by atoms with Gasteiger partial charge in [0, 0.05) is 23.2 Å². The summed E-state index contributed by atoms with van der Waals surface area (Å²) in [5.74, 6) is -0.870. The number of carbonyl (C=O) groups is 1. The summed E-state index contributed by atoms with van der Waals surface area (Å²) in [6, 6.07) is 9.03. The Balaban J connectivity index is 1.50. The Labute approximate surface area is 198 Å². The minimum absolute atomic E-state index is 0.0775. The van der Waals surface area contributed by atoms with Crippen molar-refractivity contribution < 1.29 is 27.8 Å². The van der Waals surface area contributed by atoms with Gasteiger partial charge in [-0.25, -0.2) is 18.6 Å². The lowest BCUT2D eigenvalue weighted by atomic mass is 10.1. The van der Waals surface area contributed by atoms with E-state index in [1.165, 1.54) is 23.6 Å². The molecule has 2 aromatic heterocycles. The molecule has 9 heteroatoms. The third-order valence-electron chi connectivity index (χ3n) is 5.00. The highest BCUT2D eigenvalue weighted by Gasteiger charge is 2.18. The molecule has 0 bridgehead atoms. The van der Waals surface area contributed by atoms with E-state index in [0.29, 0.717) is 38.5 Å². The summed E-state index contributed by atoms with van der Waals surface area (Å²) in [6.07, 6.45) is 1.42. The molecule has 0 radical (unpaired) electrons. The fraction of sp³-hybridized carbons (Fsp3) is 0.200. The summed E-state index contributed by atoms with van der Waals surface area (Å²) in [7, 11) is 0. The summed E-state index contributed by atoms with van der Waals surface area (Å²) >= 11 is 1.38. The minimum Gasteiger partial charge on any atom is -0.489 e. The van der Waals surface area contributed by atoms with Crippen molar-refractivity contribution in [3.05, 3.63) is 81.9 Å². The van der Waals surface area contributed by atoms with Gasteiger partial charge in [0.15, 0.2) is 11.6 Å². The molecule has 0 atom stereocenters. The molecule has 4 rings (SSSR count). The predicted molar refractivity (Wildman–Crippen MR) is 126 cm³/mol. The number of nitrogens with two attached hydrogens (primary N) is 1. The first-order valence-corrected chi connectivity index (χ1v) is 11.4. The van der Waals surface area contributed by atoms with Gasteiger partial charge in [0.2, 0.25) is 0 Å². The summed E-state index contributed by atoms with van der Waals surface area (Å²) < 4.78 is 44.1. The Kier molecular flexibility index (Phi) is 6.93. The fourth-order valence-electron chi connectivity index (χ4n) is 3.43. The van der Waals surface area contributed by atoms with E-state index >= 15 is 0 Å². The normalized spacial score (nSPS) is 10.9. The van der Waals surface area contributed by atoms with Crippen LogP contribution in [0, 0.1) is 18.6 Å². The number of aryl methyl sites for hydroxylation is 1.